The Kier molecular flexibility index (Phi) is 5.82. The van der Waals surface area contributed by atoms with Gasteiger partial charge in [0.1, 0.15) is 0 Å². The SMILES string of the molecule is CC1=CC(c2ccc(N3C(=O)C(=O)C(=CO)C3C3=C(C)CCC=C3)cc2)=CSCC1. The quantitative estimate of drug-likeness (QED) is 0.399. The summed E-state index contributed by atoms with van der Waals surface area (Å²) in [5.41, 5.74) is 6.41. The highest BCUT2D eigenvalue weighted by Crippen LogP contribution is 2.37. The van der Waals surface area contributed by atoms with Crippen LogP contribution in [-0.2, 0) is 9.59 Å². The third kappa shape index (κ3) is 3.70. The van der Waals surface area contributed by atoms with Gasteiger partial charge >= 0.3 is 0 Å². The van der Waals surface area contributed by atoms with Crippen LogP contribution in [0.3, 0.4) is 0 Å². The molecule has 1 aromatic carbocycles. The molecule has 1 fully saturated rings. The molecule has 0 spiro atoms. The zero-order valence-corrected chi connectivity index (χ0v) is 18.0. The fourth-order valence-electron chi connectivity index (χ4n) is 4.14. The highest BCUT2D eigenvalue weighted by molar-refractivity contribution is 8.02. The fourth-order valence-corrected chi connectivity index (χ4v) is 5.08. The van der Waals surface area contributed by atoms with Gasteiger partial charge in [-0.25, -0.2) is 0 Å². The summed E-state index contributed by atoms with van der Waals surface area (Å²) in [6.07, 6.45) is 9.93. The number of amides is 1. The standard InChI is InChI=1S/C25H25NO3S/c1-16-11-12-30-15-19(13-16)18-7-9-20(10-8-18)26-23(21-6-4-3-5-17(21)2)22(14-27)24(28)25(26)29/h4,6-10,13-15,23,27H,3,5,11-12H2,1-2H3. The van der Waals surface area contributed by atoms with Crippen molar-refractivity contribution < 1.29 is 14.7 Å². The van der Waals surface area contributed by atoms with E-state index in [1.165, 1.54) is 10.5 Å². The van der Waals surface area contributed by atoms with E-state index in [-0.39, 0.29) is 5.57 Å². The molecule has 3 aliphatic rings. The van der Waals surface area contributed by atoms with Crippen LogP contribution in [0.4, 0.5) is 5.69 Å². The number of rotatable bonds is 3. The maximum absolute atomic E-state index is 12.9. The lowest BCUT2D eigenvalue weighted by atomic mass is 9.90. The monoisotopic (exact) mass is 419 g/mol. The van der Waals surface area contributed by atoms with E-state index in [1.807, 2.05) is 37.3 Å². The van der Waals surface area contributed by atoms with Crippen molar-refractivity contribution in [1.29, 1.82) is 0 Å². The van der Waals surface area contributed by atoms with Crippen molar-refractivity contribution in [2.24, 2.45) is 0 Å². The van der Waals surface area contributed by atoms with Gasteiger partial charge in [-0.1, -0.05) is 41.5 Å². The Hall–Kier alpha value is -2.79. The number of hydrogen-bond donors (Lipinski definition) is 1. The van der Waals surface area contributed by atoms with Crippen molar-refractivity contribution in [3.63, 3.8) is 0 Å². The van der Waals surface area contributed by atoms with Crippen molar-refractivity contribution in [2.75, 3.05) is 10.7 Å². The first kappa shape index (κ1) is 20.5. The largest absolute Gasteiger partial charge is 0.515 e. The molecule has 4 nitrogen and oxygen atoms in total. The summed E-state index contributed by atoms with van der Waals surface area (Å²) in [5.74, 6) is -0.173. The Balaban J connectivity index is 1.73. The van der Waals surface area contributed by atoms with Gasteiger partial charge in [0.2, 0.25) is 0 Å². The van der Waals surface area contributed by atoms with Crippen LogP contribution in [0.25, 0.3) is 5.57 Å². The van der Waals surface area contributed by atoms with Crippen molar-refractivity contribution in [3.05, 3.63) is 82.0 Å². The van der Waals surface area contributed by atoms with Crippen molar-refractivity contribution in [3.8, 4) is 0 Å². The number of thioether (sulfide) groups is 1. The molecule has 0 radical (unpaired) electrons. The normalized spacial score (nSPS) is 23.7. The van der Waals surface area contributed by atoms with Crippen LogP contribution in [0.2, 0.25) is 0 Å². The summed E-state index contributed by atoms with van der Waals surface area (Å²) >= 11 is 1.80. The zero-order valence-electron chi connectivity index (χ0n) is 17.2. The first-order valence-corrected chi connectivity index (χ1v) is 11.2. The third-order valence-corrected chi connectivity index (χ3v) is 6.70. The molecule has 0 saturated carbocycles. The minimum absolute atomic E-state index is 0.131. The van der Waals surface area contributed by atoms with Gasteiger partial charge in [0, 0.05) is 11.4 Å². The number of allylic oxidation sites excluding steroid dienone is 5. The van der Waals surface area contributed by atoms with E-state index in [4.69, 9.17) is 0 Å². The van der Waals surface area contributed by atoms with Gasteiger partial charge in [-0.2, -0.15) is 0 Å². The Labute approximate surface area is 181 Å². The van der Waals surface area contributed by atoms with Crippen LogP contribution < -0.4 is 4.90 Å². The van der Waals surface area contributed by atoms with Crippen LogP contribution in [-0.4, -0.2) is 28.6 Å². The van der Waals surface area contributed by atoms with E-state index in [0.717, 1.165) is 53.6 Å². The molecular weight excluding hydrogens is 394 g/mol. The molecule has 0 aromatic heterocycles. The molecule has 154 valence electrons. The average Bonchev–Trinajstić information content (AvgIpc) is 2.88. The summed E-state index contributed by atoms with van der Waals surface area (Å²) in [6.45, 7) is 4.16. The van der Waals surface area contributed by atoms with E-state index < -0.39 is 17.7 Å². The van der Waals surface area contributed by atoms with Gasteiger partial charge in [0.15, 0.2) is 0 Å². The van der Waals surface area contributed by atoms with Crippen LogP contribution in [0.5, 0.6) is 0 Å². The summed E-state index contributed by atoms with van der Waals surface area (Å²) < 4.78 is 0. The number of nitrogens with zero attached hydrogens (tertiary/aromatic N) is 1. The molecule has 1 unspecified atom stereocenters. The number of carbonyl (C=O) groups is 2. The maximum Gasteiger partial charge on any atom is 0.300 e. The summed E-state index contributed by atoms with van der Waals surface area (Å²) in [7, 11) is 0. The average molecular weight is 420 g/mol. The first-order valence-electron chi connectivity index (χ1n) is 10.2. The molecule has 1 N–H and O–H groups in total. The molecule has 1 amide bonds. The number of Topliss-reactive ketones (excluding diaryl/α,β-unsaturated/α-hetero) is 1. The Bertz CT molecular complexity index is 1040. The molecule has 5 heteroatoms. The Morgan fingerprint density at radius 2 is 1.90 bits per heavy atom. The molecule has 1 atom stereocenters. The molecule has 2 aliphatic heterocycles. The molecule has 1 aliphatic carbocycles. The van der Waals surface area contributed by atoms with E-state index >= 15 is 0 Å². The van der Waals surface area contributed by atoms with Gasteiger partial charge in [0.05, 0.1) is 17.9 Å². The molecule has 1 aromatic rings. The van der Waals surface area contributed by atoms with Crippen molar-refractivity contribution >= 4 is 34.7 Å². The zero-order chi connectivity index (χ0) is 21.3. The highest BCUT2D eigenvalue weighted by Gasteiger charge is 2.46. The van der Waals surface area contributed by atoms with Crippen LogP contribution in [0.15, 0.2) is 76.5 Å². The van der Waals surface area contributed by atoms with Gasteiger partial charge in [-0.3, -0.25) is 14.5 Å². The van der Waals surface area contributed by atoms with Crippen LogP contribution >= 0.6 is 11.8 Å². The Morgan fingerprint density at radius 1 is 1.13 bits per heavy atom. The summed E-state index contributed by atoms with van der Waals surface area (Å²) in [4.78, 5) is 27.0. The lowest BCUT2D eigenvalue weighted by Gasteiger charge is -2.28. The van der Waals surface area contributed by atoms with E-state index in [2.05, 4.69) is 24.5 Å². The molecule has 1 saturated heterocycles. The van der Waals surface area contributed by atoms with Gasteiger partial charge in [-0.05, 0) is 67.4 Å². The molecule has 0 bridgehead atoms. The number of benzene rings is 1. The lowest BCUT2D eigenvalue weighted by Crippen LogP contribution is -2.35. The van der Waals surface area contributed by atoms with Crippen molar-refractivity contribution in [2.45, 2.75) is 39.2 Å². The number of ketones is 1. The van der Waals surface area contributed by atoms with E-state index in [9.17, 15) is 14.7 Å². The Morgan fingerprint density at radius 3 is 2.60 bits per heavy atom. The second-order valence-electron chi connectivity index (χ2n) is 7.90. The molecule has 4 rings (SSSR count). The molecule has 30 heavy (non-hydrogen) atoms. The minimum Gasteiger partial charge on any atom is -0.515 e. The number of anilines is 1. The lowest BCUT2D eigenvalue weighted by molar-refractivity contribution is -0.132. The second-order valence-corrected chi connectivity index (χ2v) is 8.88. The number of aliphatic hydroxyl groups is 1. The van der Waals surface area contributed by atoms with Gasteiger partial charge in [0.25, 0.3) is 11.7 Å². The van der Waals surface area contributed by atoms with Crippen LogP contribution in [0, 0.1) is 0 Å². The number of aliphatic hydroxyl groups excluding tert-OH is 1. The molecular formula is C25H25NO3S. The summed E-state index contributed by atoms with van der Waals surface area (Å²) in [5, 5.41) is 11.9. The van der Waals surface area contributed by atoms with Crippen molar-refractivity contribution in [1.82, 2.24) is 0 Å². The van der Waals surface area contributed by atoms with Crippen LogP contribution in [0.1, 0.15) is 38.7 Å². The van der Waals surface area contributed by atoms with E-state index in [1.54, 1.807) is 11.8 Å². The predicted octanol–water partition coefficient (Wildman–Crippen LogP) is 5.50. The second kappa shape index (κ2) is 8.52. The van der Waals surface area contributed by atoms with Gasteiger partial charge < -0.3 is 5.11 Å². The fraction of sp³-hybridized carbons (Fsp3) is 0.280. The predicted molar refractivity (Wildman–Crippen MR) is 123 cm³/mol. The minimum atomic E-state index is -0.646. The number of hydrogen-bond acceptors (Lipinski definition) is 4. The topological polar surface area (TPSA) is 57.6 Å². The third-order valence-electron chi connectivity index (χ3n) is 5.84. The smallest absolute Gasteiger partial charge is 0.300 e. The van der Waals surface area contributed by atoms with Gasteiger partial charge in [-0.15, -0.1) is 11.8 Å². The molecule has 2 heterocycles. The summed E-state index contributed by atoms with van der Waals surface area (Å²) in [6, 6.07) is 7.16. The number of carbonyl (C=O) groups excluding carboxylic acids is 2. The highest BCUT2D eigenvalue weighted by atomic mass is 32.2. The van der Waals surface area contributed by atoms with E-state index in [0.29, 0.717) is 5.69 Å². The maximum atomic E-state index is 12.9. The first-order chi connectivity index (χ1) is 14.5.